The zero-order valence-corrected chi connectivity index (χ0v) is 18.3. The highest BCUT2D eigenvalue weighted by atomic mass is 32.2. The van der Waals surface area contributed by atoms with Crippen LogP contribution in [0.15, 0.2) is 41.9 Å². The number of nitriles is 1. The van der Waals surface area contributed by atoms with Crippen molar-refractivity contribution < 1.29 is 23.1 Å². The van der Waals surface area contributed by atoms with Gasteiger partial charge in [0.25, 0.3) is 5.91 Å². The summed E-state index contributed by atoms with van der Waals surface area (Å²) in [7, 11) is -2.56. The fourth-order valence-electron chi connectivity index (χ4n) is 3.38. The number of carbonyl (C=O) groups excluding carboxylic acids is 1. The Morgan fingerprint density at radius 3 is 2.90 bits per heavy atom. The number of fused-ring (bicyclic) bond motifs is 1. The van der Waals surface area contributed by atoms with Crippen LogP contribution in [-0.2, 0) is 17.1 Å². The van der Waals surface area contributed by atoms with E-state index in [0.717, 1.165) is 5.56 Å². The quantitative estimate of drug-likeness (QED) is 0.603. The highest BCUT2D eigenvalue weighted by molar-refractivity contribution is 7.89. The van der Waals surface area contributed by atoms with Gasteiger partial charge in [-0.3, -0.25) is 4.79 Å². The number of aliphatic hydroxyl groups is 1. The molecule has 3 N–H and O–H groups in total. The van der Waals surface area contributed by atoms with E-state index in [9.17, 15) is 23.6 Å². The third kappa shape index (κ3) is 4.20. The minimum absolute atomic E-state index is 0.00178. The third-order valence-electron chi connectivity index (χ3n) is 5.23. The van der Waals surface area contributed by atoms with Gasteiger partial charge in [0.05, 0.1) is 23.3 Å². The summed E-state index contributed by atoms with van der Waals surface area (Å²) in [5.74, 6) is -0.698. The van der Waals surface area contributed by atoms with Crippen molar-refractivity contribution in [2.24, 2.45) is 7.05 Å². The Bertz CT molecular complexity index is 1200. The monoisotopic (exact) mass is 444 g/mol. The normalized spacial score (nSPS) is 20.5. The number of aryl methyl sites for hydroxylation is 2. The van der Waals surface area contributed by atoms with Crippen LogP contribution < -0.4 is 14.8 Å². The van der Waals surface area contributed by atoms with E-state index in [0.29, 0.717) is 11.3 Å². The van der Waals surface area contributed by atoms with E-state index in [2.05, 4.69) is 22.7 Å². The van der Waals surface area contributed by atoms with Crippen LogP contribution in [0.1, 0.15) is 35.0 Å². The van der Waals surface area contributed by atoms with Crippen LogP contribution in [0.3, 0.4) is 0 Å². The van der Waals surface area contributed by atoms with Gasteiger partial charge in [-0.1, -0.05) is 12.1 Å². The van der Waals surface area contributed by atoms with Gasteiger partial charge in [0.15, 0.2) is 11.4 Å². The largest absolute Gasteiger partial charge is 0.488 e. The zero-order valence-electron chi connectivity index (χ0n) is 17.5. The predicted molar refractivity (Wildman–Crippen MR) is 114 cm³/mol. The SMILES string of the molecule is C=CCC(O)C1(C)COc2c(cn(C)c2C(=O)Nc2ccc(C)c(C#N)c2)S(=O)(=O)N1. The molecule has 0 saturated carbocycles. The van der Waals surface area contributed by atoms with Gasteiger partial charge in [-0.15, -0.1) is 6.58 Å². The van der Waals surface area contributed by atoms with Crippen molar-refractivity contribution in [1.29, 1.82) is 5.26 Å². The lowest BCUT2D eigenvalue weighted by Crippen LogP contribution is -2.56. The molecule has 0 saturated heterocycles. The van der Waals surface area contributed by atoms with Gasteiger partial charge < -0.3 is 19.7 Å². The lowest BCUT2D eigenvalue weighted by Gasteiger charge is -2.32. The third-order valence-corrected chi connectivity index (χ3v) is 6.84. The summed E-state index contributed by atoms with van der Waals surface area (Å²) in [4.78, 5) is 12.8. The second-order valence-electron chi connectivity index (χ2n) is 7.73. The molecule has 9 nitrogen and oxygen atoms in total. The van der Waals surface area contributed by atoms with E-state index >= 15 is 0 Å². The Kier molecular flexibility index (Phi) is 5.96. The number of aliphatic hydroxyl groups excluding tert-OH is 1. The Hall–Kier alpha value is -3.13. The lowest BCUT2D eigenvalue weighted by molar-refractivity contribution is 0.0542. The van der Waals surface area contributed by atoms with E-state index in [1.807, 2.05) is 0 Å². The van der Waals surface area contributed by atoms with Crippen LogP contribution in [0.2, 0.25) is 0 Å². The Balaban J connectivity index is 1.98. The number of nitrogens with one attached hydrogen (secondary N) is 2. The minimum Gasteiger partial charge on any atom is -0.488 e. The van der Waals surface area contributed by atoms with Crippen molar-refractivity contribution in [3.8, 4) is 11.8 Å². The lowest BCUT2D eigenvalue weighted by atomic mass is 9.94. The number of benzene rings is 1. The highest BCUT2D eigenvalue weighted by Gasteiger charge is 2.43. The summed E-state index contributed by atoms with van der Waals surface area (Å²) in [6, 6.07) is 6.95. The van der Waals surface area contributed by atoms with E-state index in [4.69, 9.17) is 4.74 Å². The van der Waals surface area contributed by atoms with Crippen LogP contribution >= 0.6 is 0 Å². The molecule has 3 rings (SSSR count). The maximum absolute atomic E-state index is 13.0. The number of hydrogen-bond acceptors (Lipinski definition) is 6. The number of sulfonamides is 1. The molecule has 31 heavy (non-hydrogen) atoms. The average Bonchev–Trinajstić information content (AvgIpc) is 3.00. The first-order chi connectivity index (χ1) is 14.5. The number of rotatable bonds is 5. The van der Waals surface area contributed by atoms with Crippen molar-refractivity contribution >= 4 is 21.6 Å². The van der Waals surface area contributed by atoms with Crippen LogP contribution in [-0.4, -0.2) is 42.2 Å². The molecular weight excluding hydrogens is 420 g/mol. The molecule has 1 amide bonds. The molecule has 1 aliphatic heterocycles. The van der Waals surface area contributed by atoms with Crippen molar-refractivity contribution in [2.45, 2.75) is 36.8 Å². The van der Waals surface area contributed by atoms with Gasteiger partial charge in [0.2, 0.25) is 10.0 Å². The summed E-state index contributed by atoms with van der Waals surface area (Å²) in [6.45, 7) is 6.69. The standard InChI is InChI=1S/C21H24N4O5S/c1-5-6-17(26)21(3)12-30-19-16(31(28,29)24-21)11-25(4)18(19)20(27)23-15-8-7-13(2)14(9-15)10-22/h5,7-9,11,17,24,26H,1,6,12H2,2-4H3,(H,23,27). The van der Waals surface area contributed by atoms with Crippen LogP contribution in [0, 0.1) is 18.3 Å². The Labute approximate surface area is 181 Å². The first-order valence-electron chi connectivity index (χ1n) is 9.49. The van der Waals surface area contributed by atoms with Crippen LogP contribution in [0.4, 0.5) is 5.69 Å². The number of hydrogen-bond donors (Lipinski definition) is 3. The maximum atomic E-state index is 13.0. The summed E-state index contributed by atoms with van der Waals surface area (Å²) < 4.78 is 35.6. The van der Waals surface area contributed by atoms with Gasteiger partial charge in [-0.05, 0) is 38.0 Å². The van der Waals surface area contributed by atoms with E-state index in [-0.39, 0.29) is 29.4 Å². The smallest absolute Gasteiger partial charge is 0.276 e. The summed E-state index contributed by atoms with van der Waals surface area (Å²) >= 11 is 0. The van der Waals surface area contributed by atoms with E-state index in [1.54, 1.807) is 19.1 Å². The molecule has 2 atom stereocenters. The first-order valence-corrected chi connectivity index (χ1v) is 11.0. The molecule has 0 fully saturated rings. The predicted octanol–water partition coefficient (Wildman–Crippen LogP) is 1.82. The second-order valence-corrected chi connectivity index (χ2v) is 9.38. The number of anilines is 1. The molecule has 0 bridgehead atoms. The van der Waals surface area contributed by atoms with Gasteiger partial charge in [0.1, 0.15) is 11.5 Å². The topological polar surface area (TPSA) is 133 Å². The average molecular weight is 445 g/mol. The van der Waals surface area contributed by atoms with Crippen LogP contribution in [0.25, 0.3) is 0 Å². The first kappa shape index (κ1) is 22.6. The summed E-state index contributed by atoms with van der Waals surface area (Å²) in [5.41, 5.74) is 0.263. The zero-order chi connectivity index (χ0) is 23.0. The fraction of sp³-hybridized carbons (Fsp3) is 0.333. The molecule has 0 radical (unpaired) electrons. The van der Waals surface area contributed by atoms with E-state index in [1.165, 1.54) is 36.9 Å². The fourth-order valence-corrected chi connectivity index (χ4v) is 4.99. The molecule has 1 aromatic carbocycles. The van der Waals surface area contributed by atoms with Gasteiger partial charge >= 0.3 is 0 Å². The van der Waals surface area contributed by atoms with Gasteiger partial charge in [0, 0.05) is 18.9 Å². The molecular formula is C21H24N4O5S. The minimum atomic E-state index is -4.09. The highest BCUT2D eigenvalue weighted by Crippen LogP contribution is 2.35. The van der Waals surface area contributed by atoms with Crippen molar-refractivity contribution in [3.05, 3.63) is 53.9 Å². The van der Waals surface area contributed by atoms with Gasteiger partial charge in [-0.2, -0.15) is 9.98 Å². The Morgan fingerprint density at radius 2 is 2.26 bits per heavy atom. The number of nitrogens with zero attached hydrogens (tertiary/aromatic N) is 2. The van der Waals surface area contributed by atoms with Crippen molar-refractivity contribution in [1.82, 2.24) is 9.29 Å². The molecule has 0 aliphatic carbocycles. The van der Waals surface area contributed by atoms with E-state index < -0.39 is 27.6 Å². The Morgan fingerprint density at radius 1 is 1.55 bits per heavy atom. The number of carbonyl (C=O) groups is 1. The van der Waals surface area contributed by atoms with Gasteiger partial charge in [-0.25, -0.2) is 8.42 Å². The van der Waals surface area contributed by atoms with Crippen molar-refractivity contribution in [2.75, 3.05) is 11.9 Å². The molecule has 1 aromatic heterocycles. The molecule has 2 unspecified atom stereocenters. The van der Waals surface area contributed by atoms with Crippen LogP contribution in [0.5, 0.6) is 5.75 Å². The number of aromatic nitrogens is 1. The molecule has 2 aromatic rings. The summed E-state index contributed by atoms with van der Waals surface area (Å²) in [6.07, 6.45) is 1.85. The number of amides is 1. The molecule has 1 aliphatic rings. The molecule has 10 heteroatoms. The second kappa shape index (κ2) is 8.19. The van der Waals surface area contributed by atoms with Crippen molar-refractivity contribution in [3.63, 3.8) is 0 Å². The number of ether oxygens (including phenoxy) is 1. The molecule has 0 spiro atoms. The molecule has 164 valence electrons. The molecule has 2 heterocycles. The maximum Gasteiger partial charge on any atom is 0.276 e. The summed E-state index contributed by atoms with van der Waals surface area (Å²) in [5, 5.41) is 22.3.